The summed E-state index contributed by atoms with van der Waals surface area (Å²) in [7, 11) is 0. The minimum Gasteiger partial charge on any atom is -0.459 e. The van der Waals surface area contributed by atoms with E-state index in [1.165, 1.54) is 19.1 Å². The van der Waals surface area contributed by atoms with E-state index in [1.807, 2.05) is 0 Å². The van der Waals surface area contributed by atoms with Crippen LogP contribution in [0.2, 0.25) is 5.02 Å². The molecule has 34 heavy (non-hydrogen) atoms. The van der Waals surface area contributed by atoms with Gasteiger partial charge in [0.05, 0.1) is 34.0 Å². The number of carbonyl (C=O) groups is 1. The zero-order chi connectivity index (χ0) is 24.4. The Morgan fingerprint density at radius 2 is 2.03 bits per heavy atom. The SMILES string of the molecule is CC1(O)CC(n2ncc(-c3onc(-c4c(F)cccc4Cl)c3C(=O)OC3CC3)c2C(F)(F)F)C1. The first-order valence-corrected chi connectivity index (χ1v) is 10.9. The van der Waals surface area contributed by atoms with Crippen LogP contribution in [0.15, 0.2) is 28.9 Å². The van der Waals surface area contributed by atoms with Crippen molar-refractivity contribution in [3.63, 3.8) is 0 Å². The summed E-state index contributed by atoms with van der Waals surface area (Å²) < 4.78 is 68.4. The van der Waals surface area contributed by atoms with Gasteiger partial charge in [-0.1, -0.05) is 22.8 Å². The van der Waals surface area contributed by atoms with E-state index < -0.39 is 52.2 Å². The van der Waals surface area contributed by atoms with Crippen molar-refractivity contribution in [1.29, 1.82) is 0 Å². The molecular weight excluding hydrogens is 482 g/mol. The summed E-state index contributed by atoms with van der Waals surface area (Å²) in [6, 6.07) is 3.06. The summed E-state index contributed by atoms with van der Waals surface area (Å²) in [6.45, 7) is 1.52. The van der Waals surface area contributed by atoms with Crippen LogP contribution < -0.4 is 0 Å². The van der Waals surface area contributed by atoms with Crippen LogP contribution >= 0.6 is 11.6 Å². The number of rotatable bonds is 5. The fourth-order valence-electron chi connectivity index (χ4n) is 4.17. The lowest BCUT2D eigenvalue weighted by Gasteiger charge is -2.41. The number of nitrogens with zero attached hydrogens (tertiary/aromatic N) is 3. The van der Waals surface area contributed by atoms with Crippen molar-refractivity contribution in [2.45, 2.75) is 56.5 Å². The highest BCUT2D eigenvalue weighted by Gasteiger charge is 2.47. The first-order chi connectivity index (χ1) is 16.0. The van der Waals surface area contributed by atoms with Crippen molar-refractivity contribution in [3.8, 4) is 22.6 Å². The number of alkyl halides is 3. The quantitative estimate of drug-likeness (QED) is 0.372. The third-order valence-corrected chi connectivity index (χ3v) is 6.21. The van der Waals surface area contributed by atoms with Crippen molar-refractivity contribution in [3.05, 3.63) is 46.5 Å². The number of carbonyl (C=O) groups excluding carboxylic acids is 1. The maximum atomic E-state index is 14.6. The maximum Gasteiger partial charge on any atom is 0.433 e. The monoisotopic (exact) mass is 499 g/mol. The largest absolute Gasteiger partial charge is 0.459 e. The number of aliphatic hydroxyl groups is 1. The highest BCUT2D eigenvalue weighted by atomic mass is 35.5. The van der Waals surface area contributed by atoms with E-state index in [2.05, 4.69) is 10.3 Å². The first-order valence-electron chi connectivity index (χ1n) is 10.5. The lowest BCUT2D eigenvalue weighted by Crippen LogP contribution is -2.43. The predicted octanol–water partition coefficient (Wildman–Crippen LogP) is 5.42. The summed E-state index contributed by atoms with van der Waals surface area (Å²) in [5.41, 5.74) is -3.94. The molecule has 2 aliphatic rings. The molecule has 0 bridgehead atoms. The highest BCUT2D eigenvalue weighted by Crippen LogP contribution is 2.47. The molecule has 0 radical (unpaired) electrons. The molecule has 0 aliphatic heterocycles. The van der Waals surface area contributed by atoms with Crippen molar-refractivity contribution >= 4 is 17.6 Å². The van der Waals surface area contributed by atoms with E-state index >= 15 is 0 Å². The zero-order valence-corrected chi connectivity index (χ0v) is 18.5. The predicted molar refractivity (Wildman–Crippen MR) is 110 cm³/mol. The molecule has 1 N–H and O–H groups in total. The molecule has 2 saturated carbocycles. The topological polar surface area (TPSA) is 90.4 Å². The van der Waals surface area contributed by atoms with E-state index in [-0.39, 0.29) is 35.2 Å². The number of hydrogen-bond donors (Lipinski definition) is 1. The molecular formula is C22H18ClF4N3O4. The molecule has 0 atom stereocenters. The molecule has 0 saturated heterocycles. The van der Waals surface area contributed by atoms with Crippen LogP contribution in [0, 0.1) is 5.82 Å². The molecule has 5 rings (SSSR count). The Labute approximate surface area is 195 Å². The fourth-order valence-corrected chi connectivity index (χ4v) is 4.42. The maximum absolute atomic E-state index is 14.6. The van der Waals surface area contributed by atoms with Crippen LogP contribution in [-0.4, -0.2) is 37.7 Å². The van der Waals surface area contributed by atoms with Gasteiger partial charge in [-0.05, 0) is 44.7 Å². The van der Waals surface area contributed by atoms with Gasteiger partial charge in [-0.2, -0.15) is 18.3 Å². The summed E-state index contributed by atoms with van der Waals surface area (Å²) >= 11 is 6.12. The van der Waals surface area contributed by atoms with Crippen molar-refractivity contribution in [1.82, 2.24) is 14.9 Å². The third kappa shape index (κ3) is 3.96. The van der Waals surface area contributed by atoms with Crippen LogP contribution in [0.25, 0.3) is 22.6 Å². The Morgan fingerprint density at radius 1 is 1.32 bits per heavy atom. The zero-order valence-electron chi connectivity index (χ0n) is 17.7. The minimum atomic E-state index is -4.88. The number of hydrogen-bond acceptors (Lipinski definition) is 6. The fraction of sp³-hybridized carbons (Fsp3) is 0.409. The molecule has 7 nitrogen and oxygen atoms in total. The van der Waals surface area contributed by atoms with Gasteiger partial charge in [0.25, 0.3) is 0 Å². The summed E-state index contributed by atoms with van der Waals surface area (Å²) in [5.74, 6) is -2.39. The van der Waals surface area contributed by atoms with Crippen molar-refractivity contribution in [2.24, 2.45) is 0 Å². The minimum absolute atomic E-state index is 0.0697. The van der Waals surface area contributed by atoms with E-state index in [4.69, 9.17) is 20.9 Å². The second kappa shape index (κ2) is 7.81. The van der Waals surface area contributed by atoms with Gasteiger partial charge in [-0.3, -0.25) is 4.68 Å². The van der Waals surface area contributed by atoms with Crippen molar-refractivity contribution < 1.29 is 36.7 Å². The van der Waals surface area contributed by atoms with Crippen molar-refractivity contribution in [2.75, 3.05) is 0 Å². The molecule has 2 aromatic heterocycles. The Balaban J connectivity index is 1.68. The molecule has 2 aliphatic carbocycles. The number of ether oxygens (including phenoxy) is 1. The van der Waals surface area contributed by atoms with Gasteiger partial charge in [0.15, 0.2) is 11.5 Å². The summed E-state index contributed by atoms with van der Waals surface area (Å²) in [5, 5.41) is 17.5. The van der Waals surface area contributed by atoms with Gasteiger partial charge >= 0.3 is 12.1 Å². The van der Waals surface area contributed by atoms with Crippen LogP contribution in [0.4, 0.5) is 17.6 Å². The summed E-state index contributed by atoms with van der Waals surface area (Å²) in [6.07, 6.45) is -3.00. The molecule has 0 unspecified atom stereocenters. The molecule has 3 aromatic rings. The van der Waals surface area contributed by atoms with Gasteiger partial charge in [0, 0.05) is 0 Å². The van der Waals surface area contributed by atoms with Gasteiger partial charge in [-0.15, -0.1) is 0 Å². The number of esters is 1. The number of aromatic nitrogens is 3. The summed E-state index contributed by atoms with van der Waals surface area (Å²) in [4.78, 5) is 13.0. The first kappa shape index (κ1) is 22.9. The highest BCUT2D eigenvalue weighted by molar-refractivity contribution is 6.33. The van der Waals surface area contributed by atoms with Gasteiger partial charge in [0.2, 0.25) is 0 Å². The third-order valence-electron chi connectivity index (χ3n) is 5.90. The van der Waals surface area contributed by atoms with Crippen LogP contribution in [-0.2, 0) is 10.9 Å². The average molecular weight is 500 g/mol. The number of halogens is 5. The van der Waals surface area contributed by atoms with E-state index in [0.717, 1.165) is 16.9 Å². The molecule has 0 spiro atoms. The Hall–Kier alpha value is -2.92. The van der Waals surface area contributed by atoms with Crippen LogP contribution in [0.1, 0.15) is 54.7 Å². The standard InChI is InChI=1S/C22H18ClF4N3O4/c1-21(32)7-10(8-21)30-19(22(25,26)27)12(9-28-30)18-16(20(31)33-11-5-6-11)17(29-34-18)15-13(23)3-2-4-14(15)24/h2-4,9-11,32H,5-8H2,1H3. The lowest BCUT2D eigenvalue weighted by atomic mass is 9.77. The van der Waals surface area contributed by atoms with Gasteiger partial charge in [0.1, 0.15) is 23.2 Å². The lowest BCUT2D eigenvalue weighted by molar-refractivity contribution is -0.148. The Kier molecular flexibility index (Phi) is 5.25. The number of benzene rings is 1. The molecule has 2 heterocycles. The molecule has 180 valence electrons. The average Bonchev–Trinajstić information content (AvgIpc) is 3.24. The Morgan fingerprint density at radius 3 is 2.62 bits per heavy atom. The normalized spacial score (nSPS) is 22.5. The molecule has 2 fully saturated rings. The smallest absolute Gasteiger partial charge is 0.433 e. The Bertz CT molecular complexity index is 1250. The van der Waals surface area contributed by atoms with E-state index in [0.29, 0.717) is 12.8 Å². The second-order valence-corrected chi connectivity index (χ2v) is 9.25. The second-order valence-electron chi connectivity index (χ2n) is 8.84. The van der Waals surface area contributed by atoms with E-state index in [9.17, 15) is 27.5 Å². The van der Waals surface area contributed by atoms with Crippen LogP contribution in [0.3, 0.4) is 0 Å². The van der Waals surface area contributed by atoms with Gasteiger partial charge < -0.3 is 14.4 Å². The molecule has 0 amide bonds. The van der Waals surface area contributed by atoms with Gasteiger partial charge in [-0.25, -0.2) is 9.18 Å². The molecule has 1 aromatic carbocycles. The van der Waals surface area contributed by atoms with Crippen LogP contribution in [0.5, 0.6) is 0 Å². The van der Waals surface area contributed by atoms with E-state index in [1.54, 1.807) is 0 Å². The molecule has 12 heteroatoms.